The molecule has 12 heavy (non-hydrogen) atoms. The summed E-state index contributed by atoms with van der Waals surface area (Å²) in [4.78, 5) is 15.3. The normalized spacial score (nSPS) is 10.8. The second-order valence-electron chi connectivity index (χ2n) is 2.80. The Morgan fingerprint density at radius 1 is 1.50 bits per heavy atom. The van der Waals surface area contributed by atoms with E-state index in [-0.39, 0.29) is 5.56 Å². The van der Waals surface area contributed by atoms with Gasteiger partial charge in [0.2, 0.25) is 0 Å². The molecule has 2 aromatic rings. The molecule has 0 atom stereocenters. The Kier molecular flexibility index (Phi) is 1.30. The predicted molar refractivity (Wildman–Crippen MR) is 45.3 cm³/mol. The van der Waals surface area contributed by atoms with Gasteiger partial charge in [-0.3, -0.25) is 9.89 Å². The molecule has 0 fully saturated rings. The summed E-state index contributed by atoms with van der Waals surface area (Å²) in [6.45, 7) is 3.86. The molecule has 0 unspecified atom stereocenters. The largest absolute Gasteiger partial charge is 0.294 e. The maximum absolute atomic E-state index is 11.2. The van der Waals surface area contributed by atoms with Crippen molar-refractivity contribution in [3.63, 3.8) is 0 Å². The Morgan fingerprint density at radius 3 is 2.92 bits per heavy atom. The van der Waals surface area contributed by atoms with Crippen LogP contribution in [0.2, 0.25) is 0 Å². The summed E-state index contributed by atoms with van der Waals surface area (Å²) < 4.78 is 1.45. The molecule has 0 saturated heterocycles. The molecule has 0 saturated carbocycles. The maximum atomic E-state index is 11.2. The summed E-state index contributed by atoms with van der Waals surface area (Å²) in [5.74, 6) is 0. The minimum Gasteiger partial charge on any atom is -0.294 e. The van der Waals surface area contributed by atoms with Crippen LogP contribution < -0.4 is 5.56 Å². The van der Waals surface area contributed by atoms with Crippen molar-refractivity contribution in [1.29, 1.82) is 0 Å². The molecular formula is C8H9N3O. The first kappa shape index (κ1) is 7.09. The van der Waals surface area contributed by atoms with E-state index < -0.39 is 0 Å². The number of hydrogen-bond donors (Lipinski definition) is 1. The van der Waals surface area contributed by atoms with Crippen LogP contribution in [0.5, 0.6) is 0 Å². The Bertz CT molecular complexity index is 480. The van der Waals surface area contributed by atoms with Gasteiger partial charge in [0.1, 0.15) is 0 Å². The summed E-state index contributed by atoms with van der Waals surface area (Å²) >= 11 is 0. The number of aromatic nitrogens is 3. The molecule has 2 heterocycles. The molecule has 0 radical (unpaired) electrons. The zero-order chi connectivity index (χ0) is 8.72. The third kappa shape index (κ3) is 0.777. The summed E-state index contributed by atoms with van der Waals surface area (Å²) in [6, 6.07) is 1.43. The van der Waals surface area contributed by atoms with Gasteiger partial charge in [0.25, 0.3) is 5.56 Å². The third-order valence-corrected chi connectivity index (χ3v) is 2.02. The number of aromatic amines is 1. The minimum atomic E-state index is -0.0730. The lowest BCUT2D eigenvalue weighted by molar-refractivity contribution is 0.881. The van der Waals surface area contributed by atoms with Gasteiger partial charge >= 0.3 is 0 Å². The van der Waals surface area contributed by atoms with E-state index in [0.717, 1.165) is 11.3 Å². The molecular weight excluding hydrogens is 154 g/mol. The lowest BCUT2D eigenvalue weighted by Gasteiger charge is -1.88. The van der Waals surface area contributed by atoms with Crippen LogP contribution in [0.15, 0.2) is 17.1 Å². The van der Waals surface area contributed by atoms with E-state index in [9.17, 15) is 4.79 Å². The summed E-state index contributed by atoms with van der Waals surface area (Å²) in [7, 11) is 0. The first-order valence-electron chi connectivity index (χ1n) is 3.73. The molecule has 0 aliphatic heterocycles. The second kappa shape index (κ2) is 2.20. The summed E-state index contributed by atoms with van der Waals surface area (Å²) in [6.07, 6.45) is 1.53. The number of nitrogens with one attached hydrogen (secondary N) is 1. The molecule has 4 heteroatoms. The van der Waals surface area contributed by atoms with Gasteiger partial charge in [-0.1, -0.05) is 0 Å². The molecule has 2 rings (SSSR count). The number of nitrogens with zero attached hydrogens (tertiary/aromatic N) is 2. The molecule has 62 valence electrons. The van der Waals surface area contributed by atoms with Gasteiger partial charge in [-0.25, -0.2) is 9.50 Å². The highest BCUT2D eigenvalue weighted by Crippen LogP contribution is 2.07. The maximum Gasteiger partial charge on any atom is 0.272 e. The first-order chi connectivity index (χ1) is 5.70. The van der Waals surface area contributed by atoms with Gasteiger partial charge in [0.15, 0.2) is 5.65 Å². The Labute approximate surface area is 68.8 Å². The zero-order valence-electron chi connectivity index (χ0n) is 6.96. The molecule has 0 spiro atoms. The van der Waals surface area contributed by atoms with E-state index in [0.29, 0.717) is 5.65 Å². The summed E-state index contributed by atoms with van der Waals surface area (Å²) in [5.41, 5.74) is 2.63. The predicted octanol–water partition coefficient (Wildman–Crippen LogP) is 0.639. The average molecular weight is 163 g/mol. The van der Waals surface area contributed by atoms with Gasteiger partial charge in [-0.15, -0.1) is 0 Å². The van der Waals surface area contributed by atoms with Gasteiger partial charge in [-0.05, 0) is 13.8 Å². The zero-order valence-corrected chi connectivity index (χ0v) is 6.96. The Morgan fingerprint density at radius 2 is 2.25 bits per heavy atom. The third-order valence-electron chi connectivity index (χ3n) is 2.02. The van der Waals surface area contributed by atoms with Crippen LogP contribution >= 0.6 is 0 Å². The van der Waals surface area contributed by atoms with Crippen LogP contribution in [0.25, 0.3) is 5.65 Å². The second-order valence-corrected chi connectivity index (χ2v) is 2.80. The highest BCUT2D eigenvalue weighted by atomic mass is 16.1. The standard InChI is InChI=1S/C8H9N3O/c1-5-6(2)10-11-7(12)3-4-9-8(5)11/h3-4,10H,1-2H3. The number of rotatable bonds is 0. The Hall–Kier alpha value is -1.58. The number of aryl methyl sites for hydroxylation is 2. The van der Waals surface area contributed by atoms with E-state index in [2.05, 4.69) is 10.1 Å². The van der Waals surface area contributed by atoms with Crippen molar-refractivity contribution in [2.45, 2.75) is 13.8 Å². The van der Waals surface area contributed by atoms with E-state index in [4.69, 9.17) is 0 Å². The number of fused-ring (bicyclic) bond motifs is 1. The van der Waals surface area contributed by atoms with E-state index in [1.807, 2.05) is 13.8 Å². The molecule has 0 aliphatic carbocycles. The first-order valence-corrected chi connectivity index (χ1v) is 3.73. The smallest absolute Gasteiger partial charge is 0.272 e. The molecule has 0 aromatic carbocycles. The monoisotopic (exact) mass is 163 g/mol. The molecule has 2 aromatic heterocycles. The van der Waals surface area contributed by atoms with E-state index >= 15 is 0 Å². The van der Waals surface area contributed by atoms with Crippen LogP contribution in [0.4, 0.5) is 0 Å². The fourth-order valence-corrected chi connectivity index (χ4v) is 1.20. The van der Waals surface area contributed by atoms with Crippen LogP contribution in [0, 0.1) is 13.8 Å². The van der Waals surface area contributed by atoms with Gasteiger partial charge in [0, 0.05) is 23.5 Å². The molecule has 0 aliphatic rings. The molecule has 1 N–H and O–H groups in total. The van der Waals surface area contributed by atoms with Crippen molar-refractivity contribution in [3.8, 4) is 0 Å². The summed E-state index contributed by atoms with van der Waals surface area (Å²) in [5, 5.41) is 2.94. The molecule has 0 amide bonds. The number of H-pyrrole nitrogens is 1. The van der Waals surface area contributed by atoms with Crippen LogP contribution in [-0.4, -0.2) is 14.6 Å². The molecule has 4 nitrogen and oxygen atoms in total. The van der Waals surface area contributed by atoms with Crippen molar-refractivity contribution >= 4 is 5.65 Å². The van der Waals surface area contributed by atoms with Crippen LogP contribution in [0.1, 0.15) is 11.3 Å². The van der Waals surface area contributed by atoms with Crippen molar-refractivity contribution in [3.05, 3.63) is 33.9 Å². The van der Waals surface area contributed by atoms with Crippen LogP contribution in [-0.2, 0) is 0 Å². The van der Waals surface area contributed by atoms with Crippen LogP contribution in [0.3, 0.4) is 0 Å². The SMILES string of the molecule is Cc1[nH]n2c(=O)ccnc2c1C. The quantitative estimate of drug-likeness (QED) is 0.619. The highest BCUT2D eigenvalue weighted by Gasteiger charge is 2.04. The highest BCUT2D eigenvalue weighted by molar-refractivity contribution is 5.47. The Balaban J connectivity index is 3.05. The topological polar surface area (TPSA) is 50.2 Å². The van der Waals surface area contributed by atoms with E-state index in [1.165, 1.54) is 16.8 Å². The average Bonchev–Trinajstić information content (AvgIpc) is 2.32. The van der Waals surface area contributed by atoms with Crippen molar-refractivity contribution in [2.24, 2.45) is 0 Å². The van der Waals surface area contributed by atoms with Crippen molar-refractivity contribution < 1.29 is 0 Å². The van der Waals surface area contributed by atoms with Crippen molar-refractivity contribution in [1.82, 2.24) is 14.6 Å². The van der Waals surface area contributed by atoms with Crippen molar-refractivity contribution in [2.75, 3.05) is 0 Å². The lowest BCUT2D eigenvalue weighted by Crippen LogP contribution is -2.12. The van der Waals surface area contributed by atoms with E-state index in [1.54, 1.807) is 0 Å². The number of hydrogen-bond acceptors (Lipinski definition) is 2. The van der Waals surface area contributed by atoms with Gasteiger partial charge < -0.3 is 0 Å². The van der Waals surface area contributed by atoms with Gasteiger partial charge in [0.05, 0.1) is 0 Å². The fourth-order valence-electron chi connectivity index (χ4n) is 1.20. The molecule has 0 bridgehead atoms. The lowest BCUT2D eigenvalue weighted by atomic mass is 10.3. The van der Waals surface area contributed by atoms with Gasteiger partial charge in [-0.2, -0.15) is 0 Å². The fraction of sp³-hybridized carbons (Fsp3) is 0.250. The minimum absolute atomic E-state index is 0.0730.